The molecule has 1 aromatic carbocycles. The Morgan fingerprint density at radius 2 is 2.12 bits per heavy atom. The number of rotatable bonds is 5. The van der Waals surface area contributed by atoms with Gasteiger partial charge in [-0.1, -0.05) is 29.3 Å². The molecular formula is C16H20Cl2N3O4+. The monoisotopic (exact) mass is 388 g/mol. The Bertz CT molecular complexity index is 696. The molecule has 2 atom stereocenters. The summed E-state index contributed by atoms with van der Waals surface area (Å²) in [6.45, 7) is 2.78. The molecule has 0 aliphatic carbocycles. The fraction of sp³-hybridized carbons (Fsp3) is 0.438. The molecule has 1 aromatic rings. The quantitative estimate of drug-likeness (QED) is 0.628. The average Bonchev–Trinajstić information content (AvgIpc) is 2.58. The summed E-state index contributed by atoms with van der Waals surface area (Å²) in [7, 11) is 1.26. The smallest absolute Gasteiger partial charge is 0.312 e. The van der Waals surface area contributed by atoms with E-state index in [1.165, 1.54) is 7.11 Å². The molecule has 0 aromatic heterocycles. The summed E-state index contributed by atoms with van der Waals surface area (Å²) in [5.41, 5.74) is 1.13. The Kier molecular flexibility index (Phi) is 6.64. The highest BCUT2D eigenvalue weighted by atomic mass is 35.5. The Morgan fingerprint density at radius 1 is 1.40 bits per heavy atom. The largest absolute Gasteiger partial charge is 0.469 e. The van der Waals surface area contributed by atoms with Crippen LogP contribution < -0.4 is 15.5 Å². The van der Waals surface area contributed by atoms with Gasteiger partial charge in [0, 0.05) is 0 Å². The lowest BCUT2D eigenvalue weighted by atomic mass is 10.1. The van der Waals surface area contributed by atoms with E-state index in [0.717, 1.165) is 5.56 Å². The number of piperazine rings is 1. The number of ether oxygens (including phenoxy) is 1. The van der Waals surface area contributed by atoms with Crippen LogP contribution in [0.25, 0.3) is 0 Å². The molecule has 1 aliphatic heterocycles. The van der Waals surface area contributed by atoms with E-state index in [-0.39, 0.29) is 24.8 Å². The van der Waals surface area contributed by atoms with Crippen molar-refractivity contribution in [1.82, 2.24) is 5.32 Å². The molecule has 7 nitrogen and oxygen atoms in total. The van der Waals surface area contributed by atoms with Crippen molar-refractivity contribution in [3.05, 3.63) is 27.7 Å². The van der Waals surface area contributed by atoms with E-state index in [1.807, 2.05) is 0 Å². The van der Waals surface area contributed by atoms with Crippen LogP contribution in [0, 0.1) is 6.92 Å². The number of hydrogen-bond donors (Lipinski definition) is 3. The van der Waals surface area contributed by atoms with Gasteiger partial charge in [-0.05, 0) is 18.6 Å². The van der Waals surface area contributed by atoms with E-state index >= 15 is 0 Å². The predicted molar refractivity (Wildman–Crippen MR) is 94.0 cm³/mol. The van der Waals surface area contributed by atoms with Gasteiger partial charge < -0.3 is 20.3 Å². The maximum Gasteiger partial charge on any atom is 0.312 e. The van der Waals surface area contributed by atoms with Gasteiger partial charge in [-0.3, -0.25) is 14.4 Å². The minimum Gasteiger partial charge on any atom is -0.469 e. The molecule has 25 heavy (non-hydrogen) atoms. The van der Waals surface area contributed by atoms with Crippen LogP contribution >= 0.6 is 23.2 Å². The van der Waals surface area contributed by atoms with Crippen LogP contribution in [0.4, 0.5) is 5.69 Å². The van der Waals surface area contributed by atoms with Crippen molar-refractivity contribution in [1.29, 1.82) is 0 Å². The number of methoxy groups -OCH3 is 1. The molecule has 0 spiro atoms. The molecule has 1 fully saturated rings. The van der Waals surface area contributed by atoms with Crippen LogP contribution in [-0.2, 0) is 19.1 Å². The van der Waals surface area contributed by atoms with E-state index in [9.17, 15) is 14.4 Å². The number of nitrogens with one attached hydrogen (secondary N) is 3. The molecular weight excluding hydrogens is 369 g/mol. The number of aryl methyl sites for hydroxylation is 1. The Balaban J connectivity index is 2.09. The molecule has 0 bridgehead atoms. The Morgan fingerprint density at radius 3 is 2.80 bits per heavy atom. The van der Waals surface area contributed by atoms with Crippen LogP contribution in [0.1, 0.15) is 12.0 Å². The van der Waals surface area contributed by atoms with Crippen molar-refractivity contribution in [2.45, 2.75) is 19.4 Å². The molecule has 2 amide bonds. The van der Waals surface area contributed by atoms with Gasteiger partial charge in [0.05, 0.1) is 35.9 Å². The Hall–Kier alpha value is -1.83. The van der Waals surface area contributed by atoms with Gasteiger partial charge in [-0.2, -0.15) is 0 Å². The van der Waals surface area contributed by atoms with E-state index < -0.39 is 12.0 Å². The summed E-state index contributed by atoms with van der Waals surface area (Å²) >= 11 is 12.3. The van der Waals surface area contributed by atoms with E-state index in [4.69, 9.17) is 23.2 Å². The fourth-order valence-electron chi connectivity index (χ4n) is 2.69. The highest BCUT2D eigenvalue weighted by Crippen LogP contribution is 2.32. The standard InChI is InChI=1S/C16H19Cl2N3O4/c1-9-3-4-10(17)15(14(9)18)20-12(22)8-21-6-5-19-16(24)11(21)7-13(23)25-2/h3-4,11H,5-8H2,1-2H3,(H,19,24)(H,20,22)/p+1/t11-/m1/s1. The zero-order chi connectivity index (χ0) is 18.6. The van der Waals surface area contributed by atoms with Gasteiger partial charge >= 0.3 is 5.97 Å². The Labute approximate surface area is 155 Å². The summed E-state index contributed by atoms with van der Waals surface area (Å²) in [6.07, 6.45) is -0.0864. The number of carbonyl (C=O) groups excluding carboxylic acids is 3. The van der Waals surface area contributed by atoms with E-state index in [0.29, 0.717) is 33.7 Å². The third-order valence-electron chi connectivity index (χ3n) is 4.09. The molecule has 3 N–H and O–H groups in total. The number of benzene rings is 1. The number of anilines is 1. The zero-order valence-electron chi connectivity index (χ0n) is 13.9. The van der Waals surface area contributed by atoms with Gasteiger partial charge in [0.25, 0.3) is 11.8 Å². The second-order valence-electron chi connectivity index (χ2n) is 5.81. The SMILES string of the molecule is COC(=O)C[C@@H]1C(=O)NCC[NH+]1CC(=O)Nc1c(Cl)ccc(C)c1Cl. The zero-order valence-corrected chi connectivity index (χ0v) is 15.5. The minimum absolute atomic E-state index is 0.00960. The normalized spacial score (nSPS) is 19.9. The molecule has 1 heterocycles. The topological polar surface area (TPSA) is 88.9 Å². The number of hydrogen-bond acceptors (Lipinski definition) is 4. The second kappa shape index (κ2) is 8.51. The molecule has 0 saturated carbocycles. The fourth-order valence-corrected chi connectivity index (χ4v) is 3.15. The van der Waals surface area contributed by atoms with Crippen molar-refractivity contribution in [2.75, 3.05) is 32.1 Å². The van der Waals surface area contributed by atoms with Crippen LogP contribution in [0.2, 0.25) is 10.0 Å². The van der Waals surface area contributed by atoms with Gasteiger partial charge in [-0.15, -0.1) is 0 Å². The lowest BCUT2D eigenvalue weighted by Gasteiger charge is -2.30. The van der Waals surface area contributed by atoms with Crippen molar-refractivity contribution in [2.24, 2.45) is 0 Å². The summed E-state index contributed by atoms with van der Waals surface area (Å²) < 4.78 is 4.63. The summed E-state index contributed by atoms with van der Waals surface area (Å²) in [5.74, 6) is -1.11. The molecule has 2 rings (SSSR count). The van der Waals surface area contributed by atoms with Crippen LogP contribution in [-0.4, -0.2) is 50.6 Å². The third-order valence-corrected chi connectivity index (χ3v) is 4.89. The van der Waals surface area contributed by atoms with Crippen molar-refractivity contribution in [3.8, 4) is 0 Å². The summed E-state index contributed by atoms with van der Waals surface area (Å²) in [5, 5.41) is 6.10. The highest BCUT2D eigenvalue weighted by Gasteiger charge is 2.36. The van der Waals surface area contributed by atoms with Crippen LogP contribution in [0.15, 0.2) is 12.1 Å². The average molecular weight is 389 g/mol. The second-order valence-corrected chi connectivity index (χ2v) is 6.60. The van der Waals surface area contributed by atoms with E-state index in [1.54, 1.807) is 19.1 Å². The maximum atomic E-state index is 12.4. The van der Waals surface area contributed by atoms with Crippen molar-refractivity contribution < 1.29 is 24.0 Å². The lowest BCUT2D eigenvalue weighted by molar-refractivity contribution is -0.909. The van der Waals surface area contributed by atoms with Crippen molar-refractivity contribution in [3.63, 3.8) is 0 Å². The maximum absolute atomic E-state index is 12.4. The number of amides is 2. The van der Waals surface area contributed by atoms with Gasteiger partial charge in [0.2, 0.25) is 0 Å². The van der Waals surface area contributed by atoms with E-state index in [2.05, 4.69) is 15.4 Å². The predicted octanol–water partition coefficient (Wildman–Crippen LogP) is 0.187. The first-order chi connectivity index (χ1) is 11.8. The number of quaternary nitrogens is 1. The number of carbonyl (C=O) groups is 3. The van der Waals surface area contributed by atoms with Gasteiger partial charge in [0.15, 0.2) is 12.6 Å². The molecule has 9 heteroatoms. The van der Waals surface area contributed by atoms with Crippen LogP contribution in [0.5, 0.6) is 0 Å². The minimum atomic E-state index is -0.671. The number of halogens is 2. The first kappa shape index (κ1) is 19.5. The van der Waals surface area contributed by atoms with Gasteiger partial charge in [0.1, 0.15) is 6.42 Å². The first-order valence-electron chi connectivity index (χ1n) is 7.77. The summed E-state index contributed by atoms with van der Waals surface area (Å²) in [4.78, 5) is 36.7. The molecule has 1 unspecified atom stereocenters. The lowest BCUT2D eigenvalue weighted by Crippen LogP contribution is -3.20. The highest BCUT2D eigenvalue weighted by molar-refractivity contribution is 6.40. The third kappa shape index (κ3) is 4.84. The molecule has 0 radical (unpaired) electrons. The molecule has 1 saturated heterocycles. The summed E-state index contributed by atoms with van der Waals surface area (Å²) in [6, 6.07) is 2.74. The molecule has 136 valence electrons. The van der Waals surface area contributed by atoms with Gasteiger partial charge in [-0.25, -0.2) is 0 Å². The number of esters is 1. The molecule has 1 aliphatic rings. The van der Waals surface area contributed by atoms with Crippen molar-refractivity contribution >= 4 is 46.7 Å². The van der Waals surface area contributed by atoms with Crippen LogP contribution in [0.3, 0.4) is 0 Å². The first-order valence-corrected chi connectivity index (χ1v) is 8.52.